The molecular weight excluding hydrogens is 263 g/mol. The number of carbonyl (C=O) groups excluding carboxylic acids is 1. The molecule has 1 aromatic carbocycles. The van der Waals surface area contributed by atoms with E-state index in [0.29, 0.717) is 6.54 Å². The van der Waals surface area contributed by atoms with Crippen molar-refractivity contribution in [3.63, 3.8) is 0 Å². The molecule has 0 N–H and O–H groups in total. The highest BCUT2D eigenvalue weighted by Gasteiger charge is 2.27. The molecule has 5 nitrogen and oxygen atoms in total. The van der Waals surface area contributed by atoms with Crippen LogP contribution in [0.5, 0.6) is 0 Å². The van der Waals surface area contributed by atoms with Gasteiger partial charge in [-0.25, -0.2) is 0 Å². The van der Waals surface area contributed by atoms with Crippen LogP contribution in [0.2, 0.25) is 0 Å². The number of hydrogen-bond donors (Lipinski definition) is 0. The molecule has 0 atom stereocenters. The van der Waals surface area contributed by atoms with Crippen LogP contribution in [0.15, 0.2) is 18.2 Å². The van der Waals surface area contributed by atoms with Crippen LogP contribution >= 0.6 is 0 Å². The third kappa shape index (κ3) is 2.79. The Bertz CT molecular complexity index is 527. The second-order valence-corrected chi connectivity index (χ2v) is 4.95. The Morgan fingerprint density at radius 3 is 2.65 bits per heavy atom. The van der Waals surface area contributed by atoms with Crippen molar-refractivity contribution in [2.75, 3.05) is 6.54 Å². The van der Waals surface area contributed by atoms with Crippen molar-refractivity contribution in [1.29, 1.82) is 0 Å². The highest BCUT2D eigenvalue weighted by Crippen LogP contribution is 2.26. The van der Waals surface area contributed by atoms with Gasteiger partial charge in [0.05, 0.1) is 4.92 Å². The van der Waals surface area contributed by atoms with Crippen LogP contribution in [0.4, 0.5) is 10.1 Å². The molecule has 1 aliphatic carbocycles. The van der Waals surface area contributed by atoms with Crippen LogP contribution in [-0.2, 0) is 0 Å². The van der Waals surface area contributed by atoms with Gasteiger partial charge in [-0.1, -0.05) is 12.8 Å². The number of rotatable bonds is 4. The van der Waals surface area contributed by atoms with Gasteiger partial charge in [0.1, 0.15) is 0 Å². The molecule has 0 radical (unpaired) electrons. The first kappa shape index (κ1) is 14.4. The van der Waals surface area contributed by atoms with Crippen molar-refractivity contribution < 1.29 is 14.1 Å². The lowest BCUT2D eigenvalue weighted by Crippen LogP contribution is -2.38. The van der Waals surface area contributed by atoms with E-state index in [0.717, 1.165) is 37.8 Å². The van der Waals surface area contributed by atoms with Gasteiger partial charge in [0.2, 0.25) is 5.82 Å². The van der Waals surface area contributed by atoms with E-state index in [2.05, 4.69) is 0 Å². The molecule has 0 saturated heterocycles. The number of nitrogens with zero attached hydrogens (tertiary/aromatic N) is 2. The molecule has 1 amide bonds. The average molecular weight is 280 g/mol. The third-order valence-electron chi connectivity index (χ3n) is 3.76. The summed E-state index contributed by atoms with van der Waals surface area (Å²) in [5.41, 5.74) is -0.481. The molecule has 0 spiro atoms. The molecule has 0 heterocycles. The van der Waals surface area contributed by atoms with Gasteiger partial charge in [0, 0.05) is 24.2 Å². The summed E-state index contributed by atoms with van der Waals surface area (Å²) < 4.78 is 13.3. The van der Waals surface area contributed by atoms with Gasteiger partial charge in [0.15, 0.2) is 0 Å². The smallest absolute Gasteiger partial charge is 0.305 e. The summed E-state index contributed by atoms with van der Waals surface area (Å²) in [6.45, 7) is 2.43. The van der Waals surface area contributed by atoms with Crippen LogP contribution in [0.1, 0.15) is 43.0 Å². The largest absolute Gasteiger partial charge is 0.336 e. The highest BCUT2D eigenvalue weighted by molar-refractivity contribution is 5.95. The topological polar surface area (TPSA) is 63.5 Å². The third-order valence-corrected chi connectivity index (χ3v) is 3.76. The Morgan fingerprint density at radius 1 is 1.45 bits per heavy atom. The molecule has 1 saturated carbocycles. The van der Waals surface area contributed by atoms with Gasteiger partial charge in [0.25, 0.3) is 5.91 Å². The van der Waals surface area contributed by atoms with Crippen molar-refractivity contribution in [1.82, 2.24) is 4.90 Å². The summed E-state index contributed by atoms with van der Waals surface area (Å²) >= 11 is 0. The summed E-state index contributed by atoms with van der Waals surface area (Å²) in [5, 5.41) is 10.7. The van der Waals surface area contributed by atoms with Crippen molar-refractivity contribution in [3.05, 3.63) is 39.7 Å². The van der Waals surface area contributed by atoms with Gasteiger partial charge in [-0.15, -0.1) is 0 Å². The quantitative estimate of drug-likeness (QED) is 0.628. The number of amides is 1. The minimum Gasteiger partial charge on any atom is -0.336 e. The number of nitro benzene ring substituents is 1. The first-order valence-corrected chi connectivity index (χ1v) is 6.79. The van der Waals surface area contributed by atoms with Gasteiger partial charge in [-0.05, 0) is 31.9 Å². The molecule has 1 aromatic rings. The van der Waals surface area contributed by atoms with E-state index >= 15 is 0 Å². The maximum atomic E-state index is 13.3. The fourth-order valence-corrected chi connectivity index (χ4v) is 2.73. The fourth-order valence-electron chi connectivity index (χ4n) is 2.73. The molecule has 0 bridgehead atoms. The van der Waals surface area contributed by atoms with Crippen molar-refractivity contribution in [2.24, 2.45) is 0 Å². The van der Waals surface area contributed by atoms with Crippen LogP contribution in [-0.4, -0.2) is 28.3 Å². The van der Waals surface area contributed by atoms with Crippen LogP contribution in [0, 0.1) is 15.9 Å². The maximum Gasteiger partial charge on any atom is 0.305 e. The number of carbonyl (C=O) groups is 1. The summed E-state index contributed by atoms with van der Waals surface area (Å²) in [4.78, 5) is 24.1. The predicted octanol–water partition coefficient (Wildman–Crippen LogP) is 3.14. The Hall–Kier alpha value is -1.98. The van der Waals surface area contributed by atoms with Gasteiger partial charge in [-0.2, -0.15) is 4.39 Å². The lowest BCUT2D eigenvalue weighted by atomic mass is 10.1. The normalized spacial score (nSPS) is 15.3. The zero-order valence-corrected chi connectivity index (χ0v) is 11.3. The van der Waals surface area contributed by atoms with Gasteiger partial charge in [-0.3, -0.25) is 14.9 Å². The second-order valence-electron chi connectivity index (χ2n) is 4.95. The lowest BCUT2D eigenvalue weighted by Gasteiger charge is -2.27. The standard InChI is InChI=1S/C14H17FN2O3/c1-2-16(11-5-3-4-6-11)14(18)10-7-8-12(15)13(9-10)17(19)20/h7-9,11H,2-6H2,1H3. The molecule has 0 unspecified atom stereocenters. The molecule has 6 heteroatoms. The first-order chi connectivity index (χ1) is 9.54. The minimum absolute atomic E-state index is 0.173. The van der Waals surface area contributed by atoms with Gasteiger partial charge < -0.3 is 4.90 Å². The number of halogens is 1. The summed E-state index contributed by atoms with van der Waals surface area (Å²) in [7, 11) is 0. The highest BCUT2D eigenvalue weighted by atomic mass is 19.1. The average Bonchev–Trinajstić information content (AvgIpc) is 2.93. The molecule has 0 aromatic heterocycles. The minimum atomic E-state index is -0.921. The Morgan fingerprint density at radius 2 is 2.10 bits per heavy atom. The number of benzene rings is 1. The maximum absolute atomic E-state index is 13.3. The zero-order chi connectivity index (χ0) is 14.7. The van der Waals surface area contributed by atoms with Crippen molar-refractivity contribution in [2.45, 2.75) is 38.6 Å². The fraction of sp³-hybridized carbons (Fsp3) is 0.500. The number of nitro groups is 1. The molecule has 0 aliphatic heterocycles. The molecule has 1 aliphatic rings. The molecule has 1 fully saturated rings. The van der Waals surface area contributed by atoms with Crippen LogP contribution in [0.25, 0.3) is 0 Å². The van der Waals surface area contributed by atoms with Crippen LogP contribution < -0.4 is 0 Å². The van der Waals surface area contributed by atoms with Crippen LogP contribution in [0.3, 0.4) is 0 Å². The summed E-state index contributed by atoms with van der Waals surface area (Å²) in [5.74, 6) is -1.18. The molecule has 108 valence electrons. The zero-order valence-electron chi connectivity index (χ0n) is 11.3. The Kier molecular flexibility index (Phi) is 4.32. The molecule has 20 heavy (non-hydrogen) atoms. The van der Waals surface area contributed by atoms with E-state index in [1.807, 2.05) is 6.92 Å². The molecule has 2 rings (SSSR count). The Labute approximate surface area is 116 Å². The Balaban J connectivity index is 2.27. The monoisotopic (exact) mass is 280 g/mol. The molecular formula is C14H17FN2O3. The van der Waals surface area contributed by atoms with Crippen molar-refractivity contribution in [3.8, 4) is 0 Å². The van der Waals surface area contributed by atoms with E-state index in [9.17, 15) is 19.3 Å². The van der Waals surface area contributed by atoms with E-state index in [-0.39, 0.29) is 17.5 Å². The van der Waals surface area contributed by atoms with E-state index in [1.54, 1.807) is 4.90 Å². The first-order valence-electron chi connectivity index (χ1n) is 6.79. The predicted molar refractivity (Wildman–Crippen MR) is 72.0 cm³/mol. The summed E-state index contributed by atoms with van der Waals surface area (Å²) in [6, 6.07) is 3.50. The lowest BCUT2D eigenvalue weighted by molar-refractivity contribution is -0.387. The SMILES string of the molecule is CCN(C(=O)c1ccc(F)c([N+](=O)[O-])c1)C1CCCC1. The number of hydrogen-bond acceptors (Lipinski definition) is 3. The van der Waals surface area contributed by atoms with Crippen molar-refractivity contribution >= 4 is 11.6 Å². The van der Waals surface area contributed by atoms with E-state index < -0.39 is 16.4 Å². The van der Waals surface area contributed by atoms with E-state index in [4.69, 9.17) is 0 Å². The summed E-state index contributed by atoms with van der Waals surface area (Å²) in [6.07, 6.45) is 4.11. The van der Waals surface area contributed by atoms with Gasteiger partial charge >= 0.3 is 5.69 Å². The van der Waals surface area contributed by atoms with E-state index in [1.165, 1.54) is 6.07 Å². The second kappa shape index (κ2) is 5.98.